The number of alkyl halides is 3. The Morgan fingerprint density at radius 1 is 1.43 bits per heavy atom. The largest absolute Gasteiger partial charge is 0.445 e. The van der Waals surface area contributed by atoms with E-state index in [0.717, 1.165) is 6.92 Å². The first-order valence-corrected chi connectivity index (χ1v) is 3.97. The maximum absolute atomic E-state index is 11.9. The molecule has 0 saturated carbocycles. The summed E-state index contributed by atoms with van der Waals surface area (Å²) in [6, 6.07) is 0. The fourth-order valence-electron chi connectivity index (χ4n) is 0.452. The van der Waals surface area contributed by atoms with E-state index in [0.29, 0.717) is 0 Å². The van der Waals surface area contributed by atoms with Crippen LogP contribution in [0, 0.1) is 0 Å². The maximum atomic E-state index is 11.9. The van der Waals surface area contributed by atoms with E-state index in [-0.39, 0.29) is 11.3 Å². The summed E-state index contributed by atoms with van der Waals surface area (Å²) in [6.45, 7) is 1.03. The molecule has 0 atom stereocenters. The van der Waals surface area contributed by atoms with Crippen LogP contribution in [0.4, 0.5) is 13.2 Å². The summed E-state index contributed by atoms with van der Waals surface area (Å²) in [5, 5.41) is 4.15. The van der Waals surface area contributed by atoms with E-state index in [4.69, 9.17) is 0 Å². The summed E-state index contributed by atoms with van der Waals surface area (Å²) >= 11 is 0.135. The standard InChI is InChI=1S/C5H3F3N2O3S/c1-2(11)12-13-4-10-9-3(14-4)5(6,7)8/h1H3. The number of halogens is 3. The van der Waals surface area contributed by atoms with Crippen LogP contribution in [-0.4, -0.2) is 16.2 Å². The number of carbonyl (C=O) groups is 1. The minimum atomic E-state index is -4.57. The summed E-state index contributed by atoms with van der Waals surface area (Å²) in [5.74, 6) is -0.797. The second kappa shape index (κ2) is 3.78. The molecular formula is C5H3F3N2O3S. The predicted octanol–water partition coefficient (Wildman–Crippen LogP) is 1.41. The summed E-state index contributed by atoms with van der Waals surface area (Å²) in [5.41, 5.74) is 0. The Labute approximate surface area is 79.4 Å². The van der Waals surface area contributed by atoms with Crippen LogP contribution in [0.15, 0.2) is 0 Å². The molecule has 1 aromatic heterocycles. The Hall–Kier alpha value is -1.38. The molecule has 0 bridgehead atoms. The fourth-order valence-corrected chi connectivity index (χ4v) is 0.965. The molecule has 0 aliphatic heterocycles. The number of rotatable bonds is 2. The Kier molecular flexibility index (Phi) is 2.89. The number of carbonyl (C=O) groups excluding carboxylic acids is 1. The normalized spacial score (nSPS) is 11.1. The molecule has 1 rings (SSSR count). The van der Waals surface area contributed by atoms with Gasteiger partial charge in [-0.15, -0.1) is 5.10 Å². The van der Waals surface area contributed by atoms with Crippen LogP contribution in [0.25, 0.3) is 0 Å². The number of hydrogen-bond acceptors (Lipinski definition) is 6. The van der Waals surface area contributed by atoms with Crippen molar-refractivity contribution >= 4 is 17.3 Å². The van der Waals surface area contributed by atoms with Crippen LogP contribution < -0.4 is 4.89 Å². The Morgan fingerprint density at radius 2 is 2.07 bits per heavy atom. The van der Waals surface area contributed by atoms with E-state index in [1.807, 2.05) is 0 Å². The average molecular weight is 228 g/mol. The van der Waals surface area contributed by atoms with Crippen LogP contribution in [0.5, 0.6) is 5.19 Å². The van der Waals surface area contributed by atoms with E-state index < -0.39 is 22.3 Å². The van der Waals surface area contributed by atoms with Gasteiger partial charge in [0.1, 0.15) is 0 Å². The van der Waals surface area contributed by atoms with Gasteiger partial charge in [0.15, 0.2) is 0 Å². The molecular weight excluding hydrogens is 225 g/mol. The molecule has 0 aliphatic rings. The van der Waals surface area contributed by atoms with Crippen LogP contribution in [0.2, 0.25) is 0 Å². The summed E-state index contributed by atoms with van der Waals surface area (Å²) < 4.78 is 35.8. The third kappa shape index (κ3) is 2.83. The molecule has 0 amide bonds. The molecule has 0 radical (unpaired) electrons. The lowest BCUT2D eigenvalue weighted by Crippen LogP contribution is -2.03. The van der Waals surface area contributed by atoms with E-state index in [2.05, 4.69) is 20.0 Å². The van der Waals surface area contributed by atoms with Crippen LogP contribution in [0.1, 0.15) is 11.9 Å². The monoisotopic (exact) mass is 228 g/mol. The topological polar surface area (TPSA) is 61.3 Å². The van der Waals surface area contributed by atoms with Gasteiger partial charge >= 0.3 is 17.3 Å². The van der Waals surface area contributed by atoms with Gasteiger partial charge in [0.05, 0.1) is 0 Å². The van der Waals surface area contributed by atoms with Gasteiger partial charge in [0, 0.05) is 6.92 Å². The number of aromatic nitrogens is 2. The lowest BCUT2D eigenvalue weighted by atomic mass is 10.7. The van der Waals surface area contributed by atoms with Gasteiger partial charge in [-0.1, -0.05) is 5.10 Å². The third-order valence-corrected chi connectivity index (χ3v) is 1.71. The number of nitrogens with zero attached hydrogens (tertiary/aromatic N) is 2. The smallest absolute Gasteiger partial charge is 0.252 e. The third-order valence-electron chi connectivity index (χ3n) is 0.879. The zero-order valence-electron chi connectivity index (χ0n) is 6.66. The van der Waals surface area contributed by atoms with Gasteiger partial charge in [-0.3, -0.25) is 4.89 Å². The molecule has 0 N–H and O–H groups in total. The van der Waals surface area contributed by atoms with Crippen molar-refractivity contribution < 1.29 is 27.7 Å². The zero-order chi connectivity index (χ0) is 10.8. The second-order valence-corrected chi connectivity index (χ2v) is 2.97. The van der Waals surface area contributed by atoms with Crippen LogP contribution in [0.3, 0.4) is 0 Å². The first-order chi connectivity index (χ1) is 6.39. The molecule has 0 saturated heterocycles. The summed E-state index contributed by atoms with van der Waals surface area (Å²) in [6.07, 6.45) is -4.57. The van der Waals surface area contributed by atoms with E-state index in [1.54, 1.807) is 0 Å². The van der Waals surface area contributed by atoms with Gasteiger partial charge in [-0.2, -0.15) is 13.2 Å². The first kappa shape index (κ1) is 10.7. The zero-order valence-corrected chi connectivity index (χ0v) is 7.48. The summed E-state index contributed by atoms with van der Waals surface area (Å²) in [4.78, 5) is 18.3. The highest BCUT2D eigenvalue weighted by Gasteiger charge is 2.36. The van der Waals surface area contributed by atoms with Crippen LogP contribution >= 0.6 is 11.3 Å². The van der Waals surface area contributed by atoms with E-state index in [1.165, 1.54) is 0 Å². The molecule has 0 spiro atoms. The van der Waals surface area contributed by atoms with Crippen molar-refractivity contribution in [1.29, 1.82) is 0 Å². The Bertz CT molecular complexity index is 337. The molecule has 9 heteroatoms. The molecule has 0 unspecified atom stereocenters. The second-order valence-electron chi connectivity index (χ2n) is 2.03. The van der Waals surface area contributed by atoms with Gasteiger partial charge in [-0.25, -0.2) is 9.68 Å². The van der Waals surface area contributed by atoms with Crippen molar-refractivity contribution in [3.8, 4) is 5.19 Å². The quantitative estimate of drug-likeness (QED) is 0.565. The maximum Gasteiger partial charge on any atom is 0.445 e. The minimum Gasteiger partial charge on any atom is -0.252 e. The average Bonchev–Trinajstić information content (AvgIpc) is 2.47. The van der Waals surface area contributed by atoms with Gasteiger partial charge in [0.2, 0.25) is 5.01 Å². The molecule has 0 fully saturated rings. The highest BCUT2D eigenvalue weighted by atomic mass is 32.1. The van der Waals surface area contributed by atoms with Gasteiger partial charge in [0.25, 0.3) is 0 Å². The van der Waals surface area contributed by atoms with Crippen molar-refractivity contribution in [2.75, 3.05) is 0 Å². The fraction of sp³-hybridized carbons (Fsp3) is 0.400. The van der Waals surface area contributed by atoms with Gasteiger partial charge < -0.3 is 0 Å². The van der Waals surface area contributed by atoms with Crippen LogP contribution in [-0.2, 0) is 15.9 Å². The predicted molar refractivity (Wildman–Crippen MR) is 37.3 cm³/mol. The Morgan fingerprint density at radius 3 is 2.50 bits per heavy atom. The number of hydrogen-bond donors (Lipinski definition) is 0. The molecule has 1 heterocycles. The van der Waals surface area contributed by atoms with Crippen molar-refractivity contribution in [2.24, 2.45) is 0 Å². The van der Waals surface area contributed by atoms with E-state index in [9.17, 15) is 18.0 Å². The molecule has 0 aliphatic carbocycles. The lowest BCUT2D eigenvalue weighted by Gasteiger charge is -1.97. The van der Waals surface area contributed by atoms with Crippen molar-refractivity contribution in [3.63, 3.8) is 0 Å². The molecule has 78 valence electrons. The molecule has 1 aromatic rings. The highest BCUT2D eigenvalue weighted by Crippen LogP contribution is 2.33. The Balaban J connectivity index is 2.64. The summed E-state index contributed by atoms with van der Waals surface area (Å²) in [7, 11) is 0. The molecule has 0 aromatic carbocycles. The SMILES string of the molecule is CC(=O)OOc1nnc(C(F)(F)F)s1. The first-order valence-electron chi connectivity index (χ1n) is 3.15. The molecule has 5 nitrogen and oxygen atoms in total. The lowest BCUT2D eigenvalue weighted by molar-refractivity contribution is -0.211. The van der Waals surface area contributed by atoms with Crippen molar-refractivity contribution in [2.45, 2.75) is 13.1 Å². The van der Waals surface area contributed by atoms with Crippen molar-refractivity contribution in [3.05, 3.63) is 5.01 Å². The van der Waals surface area contributed by atoms with Gasteiger partial charge in [-0.05, 0) is 11.3 Å². The van der Waals surface area contributed by atoms with Crippen molar-refractivity contribution in [1.82, 2.24) is 10.2 Å². The molecule has 14 heavy (non-hydrogen) atoms. The highest BCUT2D eigenvalue weighted by molar-refractivity contribution is 7.13. The van der Waals surface area contributed by atoms with E-state index >= 15 is 0 Å². The minimum absolute atomic E-state index is 0.135.